The zero-order chi connectivity index (χ0) is 23.8. The molecule has 1 aliphatic heterocycles. The molecule has 8 nitrogen and oxygen atoms in total. The highest BCUT2D eigenvalue weighted by molar-refractivity contribution is 7.89. The number of aryl methyl sites for hydroxylation is 2. The number of carbonyl (C=O) groups excluding carboxylic acids is 1. The number of halogens is 1. The molecule has 1 atom stereocenters. The van der Waals surface area contributed by atoms with Crippen molar-refractivity contribution in [2.24, 2.45) is 0 Å². The van der Waals surface area contributed by atoms with E-state index in [4.69, 9.17) is 0 Å². The van der Waals surface area contributed by atoms with E-state index in [-0.39, 0.29) is 23.9 Å². The molecule has 1 N–H and O–H groups in total. The van der Waals surface area contributed by atoms with Crippen molar-refractivity contribution in [1.29, 1.82) is 0 Å². The van der Waals surface area contributed by atoms with E-state index in [1.807, 2.05) is 13.8 Å². The second-order valence-corrected chi connectivity index (χ2v) is 11.2. The van der Waals surface area contributed by atoms with Crippen LogP contribution in [0.4, 0.5) is 10.2 Å². The monoisotopic (exact) mass is 491 g/mol. The van der Waals surface area contributed by atoms with E-state index < -0.39 is 21.9 Å². The van der Waals surface area contributed by atoms with Crippen LogP contribution in [0, 0.1) is 19.7 Å². The lowest BCUT2D eigenvalue weighted by atomic mass is 10.2. The summed E-state index contributed by atoms with van der Waals surface area (Å²) in [5.74, 6) is 0.0160. The third-order valence-corrected chi connectivity index (χ3v) is 8.94. The van der Waals surface area contributed by atoms with Crippen LogP contribution in [0.15, 0.2) is 35.5 Å². The van der Waals surface area contributed by atoms with Crippen molar-refractivity contribution in [2.45, 2.75) is 38.1 Å². The van der Waals surface area contributed by atoms with E-state index >= 15 is 0 Å². The average Bonchev–Trinajstić information content (AvgIpc) is 2.95. The summed E-state index contributed by atoms with van der Waals surface area (Å²) in [7, 11) is -3.75. The van der Waals surface area contributed by atoms with Crippen molar-refractivity contribution in [1.82, 2.24) is 19.2 Å². The number of thiophene rings is 1. The molecule has 0 unspecified atom stereocenters. The van der Waals surface area contributed by atoms with E-state index in [2.05, 4.69) is 15.3 Å². The van der Waals surface area contributed by atoms with Gasteiger partial charge in [-0.05, 0) is 57.0 Å². The molecule has 0 aliphatic carbocycles. The first-order chi connectivity index (χ1) is 15.7. The van der Waals surface area contributed by atoms with Gasteiger partial charge in [0.1, 0.15) is 28.8 Å². The predicted molar refractivity (Wildman–Crippen MR) is 126 cm³/mol. The molecule has 3 heterocycles. The SMILES string of the molecule is Cc1sc2ncnc(N[C@H](C)C(=O)N3CCCN(S(=O)(=O)c4ccc(F)cc4)CC3)c2c1C. The van der Waals surface area contributed by atoms with E-state index in [1.165, 1.54) is 22.8 Å². The third kappa shape index (κ3) is 4.71. The Morgan fingerprint density at radius 1 is 1.12 bits per heavy atom. The summed E-state index contributed by atoms with van der Waals surface area (Å²) >= 11 is 1.59. The van der Waals surface area contributed by atoms with Crippen LogP contribution in [0.1, 0.15) is 23.8 Å². The summed E-state index contributed by atoms with van der Waals surface area (Å²) in [5, 5.41) is 4.15. The van der Waals surface area contributed by atoms with Gasteiger partial charge in [-0.2, -0.15) is 4.31 Å². The Morgan fingerprint density at radius 2 is 1.85 bits per heavy atom. The highest BCUT2D eigenvalue weighted by Gasteiger charge is 2.30. The van der Waals surface area contributed by atoms with Crippen LogP contribution in [0.25, 0.3) is 10.2 Å². The minimum Gasteiger partial charge on any atom is -0.358 e. The fraction of sp³-hybridized carbons (Fsp3) is 0.409. The largest absolute Gasteiger partial charge is 0.358 e. The number of carbonyl (C=O) groups is 1. The maximum Gasteiger partial charge on any atom is 0.244 e. The van der Waals surface area contributed by atoms with Crippen LogP contribution in [0.3, 0.4) is 0 Å². The number of nitrogens with zero attached hydrogens (tertiary/aromatic N) is 4. The Hall–Kier alpha value is -2.63. The van der Waals surface area contributed by atoms with Crippen molar-refractivity contribution in [2.75, 3.05) is 31.5 Å². The molecule has 0 spiro atoms. The number of benzene rings is 1. The average molecular weight is 492 g/mol. The van der Waals surface area contributed by atoms with Gasteiger partial charge in [-0.1, -0.05) is 0 Å². The lowest BCUT2D eigenvalue weighted by molar-refractivity contribution is -0.131. The molecule has 2 aromatic heterocycles. The fourth-order valence-electron chi connectivity index (χ4n) is 3.94. The number of nitrogens with one attached hydrogen (secondary N) is 1. The Kier molecular flexibility index (Phi) is 6.64. The summed E-state index contributed by atoms with van der Waals surface area (Å²) in [5.41, 5.74) is 1.09. The molecule has 3 aromatic rings. The van der Waals surface area contributed by atoms with Crippen molar-refractivity contribution in [3.8, 4) is 0 Å². The molecule has 1 saturated heterocycles. The highest BCUT2D eigenvalue weighted by Crippen LogP contribution is 2.32. The smallest absolute Gasteiger partial charge is 0.244 e. The molecule has 1 fully saturated rings. The lowest BCUT2D eigenvalue weighted by Gasteiger charge is -2.25. The number of aromatic nitrogens is 2. The number of anilines is 1. The molecule has 33 heavy (non-hydrogen) atoms. The minimum absolute atomic E-state index is 0.0490. The van der Waals surface area contributed by atoms with Crippen molar-refractivity contribution >= 4 is 43.3 Å². The molecule has 1 amide bonds. The quantitative estimate of drug-likeness (QED) is 0.589. The molecule has 0 bridgehead atoms. The van der Waals surface area contributed by atoms with Gasteiger partial charge in [0, 0.05) is 31.1 Å². The Balaban J connectivity index is 1.45. The maximum atomic E-state index is 13.2. The molecule has 4 rings (SSSR count). The van der Waals surface area contributed by atoms with Gasteiger partial charge < -0.3 is 10.2 Å². The first kappa shape index (κ1) is 23.5. The Labute approximate surface area is 196 Å². The van der Waals surface area contributed by atoms with Gasteiger partial charge in [0.2, 0.25) is 15.9 Å². The van der Waals surface area contributed by atoms with Crippen LogP contribution in [-0.2, 0) is 14.8 Å². The lowest BCUT2D eigenvalue weighted by Crippen LogP contribution is -2.43. The van der Waals surface area contributed by atoms with Gasteiger partial charge in [0.25, 0.3) is 0 Å². The van der Waals surface area contributed by atoms with E-state index in [0.29, 0.717) is 25.3 Å². The molecule has 0 radical (unpaired) electrons. The Bertz CT molecular complexity index is 1280. The summed E-state index contributed by atoms with van der Waals surface area (Å²) in [6.07, 6.45) is 2.00. The van der Waals surface area contributed by atoms with Crippen LogP contribution < -0.4 is 5.32 Å². The van der Waals surface area contributed by atoms with Crippen molar-refractivity contribution in [3.63, 3.8) is 0 Å². The zero-order valence-corrected chi connectivity index (χ0v) is 20.3. The number of rotatable bonds is 5. The van der Waals surface area contributed by atoms with Crippen LogP contribution >= 0.6 is 11.3 Å². The van der Waals surface area contributed by atoms with Gasteiger partial charge in [0.05, 0.1) is 10.3 Å². The molecule has 0 saturated carbocycles. The van der Waals surface area contributed by atoms with Gasteiger partial charge in [-0.3, -0.25) is 4.79 Å². The van der Waals surface area contributed by atoms with Gasteiger partial charge in [-0.25, -0.2) is 22.8 Å². The fourth-order valence-corrected chi connectivity index (χ4v) is 6.41. The van der Waals surface area contributed by atoms with Crippen molar-refractivity contribution in [3.05, 3.63) is 46.9 Å². The normalized spacial score (nSPS) is 16.5. The molecule has 1 aliphatic rings. The van der Waals surface area contributed by atoms with E-state index in [1.54, 1.807) is 23.2 Å². The minimum atomic E-state index is -3.75. The van der Waals surface area contributed by atoms with Gasteiger partial charge in [0.15, 0.2) is 0 Å². The second kappa shape index (κ2) is 9.32. The first-order valence-corrected chi connectivity index (χ1v) is 13.0. The molecule has 1 aromatic carbocycles. The van der Waals surface area contributed by atoms with E-state index in [9.17, 15) is 17.6 Å². The number of fused-ring (bicyclic) bond motifs is 1. The van der Waals surface area contributed by atoms with Crippen LogP contribution in [0.5, 0.6) is 0 Å². The maximum absolute atomic E-state index is 13.2. The zero-order valence-electron chi connectivity index (χ0n) is 18.7. The van der Waals surface area contributed by atoms with Gasteiger partial charge in [-0.15, -0.1) is 11.3 Å². The number of hydrogen-bond donors (Lipinski definition) is 1. The number of sulfonamides is 1. The first-order valence-electron chi connectivity index (χ1n) is 10.7. The highest BCUT2D eigenvalue weighted by atomic mass is 32.2. The molecular formula is C22H26FN5O3S2. The topological polar surface area (TPSA) is 95.5 Å². The summed E-state index contributed by atoms with van der Waals surface area (Å²) in [6.45, 7) is 7.03. The summed E-state index contributed by atoms with van der Waals surface area (Å²) in [6, 6.07) is 4.26. The van der Waals surface area contributed by atoms with Crippen LogP contribution in [0.2, 0.25) is 0 Å². The molecule has 11 heteroatoms. The molecule has 176 valence electrons. The summed E-state index contributed by atoms with van der Waals surface area (Å²) < 4.78 is 40.4. The predicted octanol–water partition coefficient (Wildman–Crippen LogP) is 3.17. The number of amides is 1. The van der Waals surface area contributed by atoms with E-state index in [0.717, 1.165) is 32.8 Å². The van der Waals surface area contributed by atoms with Crippen molar-refractivity contribution < 1.29 is 17.6 Å². The number of hydrogen-bond acceptors (Lipinski definition) is 7. The Morgan fingerprint density at radius 3 is 2.58 bits per heavy atom. The standard InChI is InChI=1S/C22H26FN5O3S2/c1-14-16(3)32-21-19(14)20(24-13-25-21)26-15(2)22(29)27-9-4-10-28(12-11-27)33(30,31)18-7-5-17(23)6-8-18/h5-8,13,15H,4,9-12H2,1-3H3,(H,24,25,26)/t15-/m1/s1. The van der Waals surface area contributed by atoms with Crippen LogP contribution in [-0.4, -0.2) is 65.7 Å². The van der Waals surface area contributed by atoms with Gasteiger partial charge >= 0.3 is 0 Å². The second-order valence-electron chi connectivity index (χ2n) is 8.09. The molecular weight excluding hydrogens is 465 g/mol. The summed E-state index contributed by atoms with van der Waals surface area (Å²) in [4.78, 5) is 25.6. The third-order valence-electron chi connectivity index (χ3n) is 5.91.